The SMILES string of the molecule is Cc1ccc(F)c([C@@H](CCCCCCc2ccc3c(n2)CCCC3)CC(=O)O)c1. The van der Waals surface area contributed by atoms with E-state index < -0.39 is 5.97 Å². The van der Waals surface area contributed by atoms with Crippen LogP contribution in [-0.4, -0.2) is 16.1 Å². The summed E-state index contributed by atoms with van der Waals surface area (Å²) in [5, 5.41) is 9.23. The number of carboxylic acid groups (broad SMARTS) is 1. The van der Waals surface area contributed by atoms with Gasteiger partial charge in [-0.15, -0.1) is 0 Å². The van der Waals surface area contributed by atoms with E-state index in [-0.39, 0.29) is 18.2 Å². The van der Waals surface area contributed by atoms with Gasteiger partial charge in [0.15, 0.2) is 0 Å². The molecule has 2 aromatic rings. The van der Waals surface area contributed by atoms with E-state index in [0.717, 1.165) is 44.1 Å². The Morgan fingerprint density at radius 2 is 1.90 bits per heavy atom. The zero-order chi connectivity index (χ0) is 20.6. The number of carbonyl (C=O) groups is 1. The van der Waals surface area contributed by atoms with Crippen LogP contribution in [0.2, 0.25) is 0 Å². The van der Waals surface area contributed by atoms with Crippen LogP contribution in [-0.2, 0) is 24.1 Å². The van der Waals surface area contributed by atoms with Crippen molar-refractivity contribution in [3.05, 3.63) is 64.2 Å². The molecule has 4 heteroatoms. The molecule has 0 radical (unpaired) electrons. The van der Waals surface area contributed by atoms with Gasteiger partial charge < -0.3 is 5.11 Å². The Hall–Kier alpha value is -2.23. The van der Waals surface area contributed by atoms with Gasteiger partial charge in [-0.25, -0.2) is 4.39 Å². The number of fused-ring (bicyclic) bond motifs is 1. The monoisotopic (exact) mass is 397 g/mol. The number of halogens is 1. The number of aliphatic carboxylic acids is 1. The predicted octanol–water partition coefficient (Wildman–Crippen LogP) is 6.16. The Kier molecular flexibility index (Phi) is 7.79. The van der Waals surface area contributed by atoms with E-state index in [4.69, 9.17) is 4.98 Å². The van der Waals surface area contributed by atoms with Gasteiger partial charge in [0.05, 0.1) is 6.42 Å². The Labute approximate surface area is 173 Å². The van der Waals surface area contributed by atoms with E-state index in [2.05, 4.69) is 12.1 Å². The first-order valence-electron chi connectivity index (χ1n) is 11.0. The zero-order valence-electron chi connectivity index (χ0n) is 17.4. The lowest BCUT2D eigenvalue weighted by atomic mass is 9.89. The third-order valence-corrected chi connectivity index (χ3v) is 5.98. The molecular formula is C25H32FNO2. The van der Waals surface area contributed by atoms with E-state index in [9.17, 15) is 14.3 Å². The first-order valence-corrected chi connectivity index (χ1v) is 11.0. The molecule has 1 heterocycles. The van der Waals surface area contributed by atoms with Crippen LogP contribution in [0.15, 0.2) is 30.3 Å². The fourth-order valence-electron chi connectivity index (χ4n) is 4.37. The summed E-state index contributed by atoms with van der Waals surface area (Å²) in [6, 6.07) is 9.40. The second-order valence-corrected chi connectivity index (χ2v) is 8.39. The number of hydrogen-bond donors (Lipinski definition) is 1. The molecule has 156 valence electrons. The molecular weight excluding hydrogens is 365 g/mol. The van der Waals surface area contributed by atoms with Crippen molar-refractivity contribution in [1.82, 2.24) is 4.98 Å². The number of unbranched alkanes of at least 4 members (excludes halogenated alkanes) is 3. The number of nitrogens with zero attached hydrogens (tertiary/aromatic N) is 1. The Balaban J connectivity index is 1.44. The largest absolute Gasteiger partial charge is 0.481 e. The standard InChI is InChI=1S/C25H32FNO2/c1-18-12-15-23(26)22(16-18)20(17-25(28)29)9-4-2-3-5-10-21-14-13-19-8-6-7-11-24(19)27-21/h12-16,20H,2-11,17H2,1H3,(H,28,29)/t20-/m0/s1. The van der Waals surface area contributed by atoms with Crippen molar-refractivity contribution in [2.75, 3.05) is 0 Å². The molecule has 3 rings (SSSR count). The van der Waals surface area contributed by atoms with Gasteiger partial charge in [0, 0.05) is 11.4 Å². The van der Waals surface area contributed by atoms with Gasteiger partial charge in [-0.2, -0.15) is 0 Å². The van der Waals surface area contributed by atoms with Crippen molar-refractivity contribution >= 4 is 5.97 Å². The van der Waals surface area contributed by atoms with E-state index in [1.165, 1.54) is 42.3 Å². The van der Waals surface area contributed by atoms with Gasteiger partial charge in [0.1, 0.15) is 5.82 Å². The van der Waals surface area contributed by atoms with E-state index in [1.807, 2.05) is 6.92 Å². The van der Waals surface area contributed by atoms with Crippen LogP contribution in [0, 0.1) is 12.7 Å². The summed E-state index contributed by atoms with van der Waals surface area (Å²) in [7, 11) is 0. The highest BCUT2D eigenvalue weighted by Crippen LogP contribution is 2.29. The third-order valence-electron chi connectivity index (χ3n) is 5.98. The highest BCUT2D eigenvalue weighted by atomic mass is 19.1. The minimum absolute atomic E-state index is 0.0145. The Bertz CT molecular complexity index is 834. The van der Waals surface area contributed by atoms with Crippen molar-refractivity contribution in [3.63, 3.8) is 0 Å². The molecule has 1 atom stereocenters. The average molecular weight is 398 g/mol. The third kappa shape index (κ3) is 6.38. The Morgan fingerprint density at radius 3 is 2.72 bits per heavy atom. The number of rotatable bonds is 10. The van der Waals surface area contributed by atoms with Crippen molar-refractivity contribution in [2.24, 2.45) is 0 Å². The van der Waals surface area contributed by atoms with Crippen LogP contribution >= 0.6 is 0 Å². The molecule has 1 N–H and O–H groups in total. The van der Waals surface area contributed by atoms with Gasteiger partial charge in [-0.1, -0.05) is 43.0 Å². The summed E-state index contributed by atoms with van der Waals surface area (Å²) in [6.45, 7) is 1.91. The van der Waals surface area contributed by atoms with Gasteiger partial charge in [-0.3, -0.25) is 9.78 Å². The number of hydrogen-bond acceptors (Lipinski definition) is 2. The summed E-state index contributed by atoms with van der Waals surface area (Å²) >= 11 is 0. The van der Waals surface area contributed by atoms with E-state index in [0.29, 0.717) is 12.0 Å². The molecule has 0 unspecified atom stereocenters. The van der Waals surface area contributed by atoms with Crippen LogP contribution in [0.4, 0.5) is 4.39 Å². The van der Waals surface area contributed by atoms with Gasteiger partial charge in [-0.05, 0) is 81.0 Å². The molecule has 1 aromatic carbocycles. The maximum absolute atomic E-state index is 14.2. The van der Waals surface area contributed by atoms with Crippen molar-refractivity contribution in [2.45, 2.75) is 83.5 Å². The summed E-state index contributed by atoms with van der Waals surface area (Å²) in [5.41, 5.74) is 5.43. The number of carboxylic acids is 1. The van der Waals surface area contributed by atoms with Gasteiger partial charge in [0.2, 0.25) is 0 Å². The highest BCUT2D eigenvalue weighted by molar-refractivity contribution is 5.68. The lowest BCUT2D eigenvalue weighted by Crippen LogP contribution is -2.09. The van der Waals surface area contributed by atoms with Crippen LogP contribution in [0.3, 0.4) is 0 Å². The van der Waals surface area contributed by atoms with Gasteiger partial charge in [0.25, 0.3) is 0 Å². The molecule has 1 aliphatic carbocycles. The van der Waals surface area contributed by atoms with Crippen LogP contribution in [0.25, 0.3) is 0 Å². The molecule has 1 aromatic heterocycles. The zero-order valence-corrected chi connectivity index (χ0v) is 17.4. The second kappa shape index (κ2) is 10.5. The first kappa shape index (κ1) is 21.5. The minimum Gasteiger partial charge on any atom is -0.481 e. The molecule has 0 saturated heterocycles. The summed E-state index contributed by atoms with van der Waals surface area (Å²) in [4.78, 5) is 16.1. The molecule has 0 saturated carbocycles. The van der Waals surface area contributed by atoms with Crippen molar-refractivity contribution in [1.29, 1.82) is 0 Å². The number of aromatic nitrogens is 1. The highest BCUT2D eigenvalue weighted by Gasteiger charge is 2.19. The van der Waals surface area contributed by atoms with Crippen LogP contribution < -0.4 is 0 Å². The average Bonchev–Trinajstić information content (AvgIpc) is 2.71. The molecule has 0 bridgehead atoms. The molecule has 0 aliphatic heterocycles. The molecule has 0 amide bonds. The summed E-state index contributed by atoms with van der Waals surface area (Å²) in [5.74, 6) is -1.41. The first-order chi connectivity index (χ1) is 14.0. The molecule has 3 nitrogen and oxygen atoms in total. The lowest BCUT2D eigenvalue weighted by molar-refractivity contribution is -0.137. The summed E-state index contributed by atoms with van der Waals surface area (Å²) in [6.07, 6.45) is 10.7. The fourth-order valence-corrected chi connectivity index (χ4v) is 4.37. The number of aryl methyl sites for hydroxylation is 4. The van der Waals surface area contributed by atoms with Crippen molar-refractivity contribution in [3.8, 4) is 0 Å². The molecule has 0 spiro atoms. The maximum atomic E-state index is 14.2. The normalized spacial score (nSPS) is 14.4. The smallest absolute Gasteiger partial charge is 0.303 e. The van der Waals surface area contributed by atoms with Gasteiger partial charge >= 0.3 is 5.97 Å². The predicted molar refractivity (Wildman–Crippen MR) is 114 cm³/mol. The number of pyridine rings is 1. The maximum Gasteiger partial charge on any atom is 0.303 e. The van der Waals surface area contributed by atoms with Crippen molar-refractivity contribution < 1.29 is 14.3 Å². The summed E-state index contributed by atoms with van der Waals surface area (Å²) < 4.78 is 14.2. The quantitative estimate of drug-likeness (QED) is 0.489. The molecule has 29 heavy (non-hydrogen) atoms. The Morgan fingerprint density at radius 1 is 1.10 bits per heavy atom. The van der Waals surface area contributed by atoms with Crippen LogP contribution in [0.5, 0.6) is 0 Å². The second-order valence-electron chi connectivity index (χ2n) is 8.39. The molecule has 1 aliphatic rings. The topological polar surface area (TPSA) is 50.2 Å². The van der Waals surface area contributed by atoms with Crippen LogP contribution in [0.1, 0.15) is 85.4 Å². The minimum atomic E-state index is -0.866. The number of benzene rings is 1. The lowest BCUT2D eigenvalue weighted by Gasteiger charge is -2.17. The van der Waals surface area contributed by atoms with E-state index >= 15 is 0 Å². The fraction of sp³-hybridized carbons (Fsp3) is 0.520. The molecule has 0 fully saturated rings. The van der Waals surface area contributed by atoms with E-state index in [1.54, 1.807) is 12.1 Å².